The van der Waals surface area contributed by atoms with Crippen molar-refractivity contribution in [2.45, 2.75) is 38.5 Å². The van der Waals surface area contributed by atoms with E-state index in [0.29, 0.717) is 6.42 Å². The summed E-state index contributed by atoms with van der Waals surface area (Å²) in [4.78, 5) is 5.52. The molecule has 92 valence electrons. The van der Waals surface area contributed by atoms with Crippen molar-refractivity contribution in [1.29, 1.82) is 0 Å². The van der Waals surface area contributed by atoms with E-state index in [4.69, 9.17) is 5.73 Å². The van der Waals surface area contributed by atoms with Gasteiger partial charge in [-0.2, -0.15) is 0 Å². The molecule has 1 rings (SSSR count). The van der Waals surface area contributed by atoms with Gasteiger partial charge in [0.2, 0.25) is 0 Å². The smallest absolute Gasteiger partial charge is 0.151 e. The number of nitrogens with zero attached hydrogens (tertiary/aromatic N) is 1. The van der Waals surface area contributed by atoms with Crippen LogP contribution >= 0.6 is 11.3 Å². The van der Waals surface area contributed by atoms with Gasteiger partial charge in [-0.25, -0.2) is 13.4 Å². The maximum Gasteiger partial charge on any atom is 0.151 e. The van der Waals surface area contributed by atoms with Crippen molar-refractivity contribution in [3.63, 3.8) is 0 Å². The van der Waals surface area contributed by atoms with Crippen LogP contribution in [-0.4, -0.2) is 30.9 Å². The first-order chi connectivity index (χ1) is 7.21. The molecule has 2 unspecified atom stereocenters. The van der Waals surface area contributed by atoms with E-state index in [-0.39, 0.29) is 6.04 Å². The van der Waals surface area contributed by atoms with Crippen LogP contribution in [0.1, 0.15) is 22.5 Å². The highest BCUT2D eigenvalue weighted by Crippen LogP contribution is 2.19. The van der Waals surface area contributed by atoms with Gasteiger partial charge < -0.3 is 5.73 Å². The van der Waals surface area contributed by atoms with E-state index in [1.807, 2.05) is 13.8 Å². The second kappa shape index (κ2) is 4.81. The van der Waals surface area contributed by atoms with Crippen molar-refractivity contribution < 1.29 is 8.42 Å². The van der Waals surface area contributed by atoms with E-state index in [1.54, 1.807) is 18.3 Å². The Labute approximate surface area is 101 Å². The van der Waals surface area contributed by atoms with E-state index < -0.39 is 15.1 Å². The van der Waals surface area contributed by atoms with E-state index in [9.17, 15) is 8.42 Å². The summed E-state index contributed by atoms with van der Waals surface area (Å²) >= 11 is 1.58. The van der Waals surface area contributed by atoms with Crippen LogP contribution in [0.5, 0.6) is 0 Å². The molecule has 6 heteroatoms. The van der Waals surface area contributed by atoms with Crippen molar-refractivity contribution in [2.24, 2.45) is 5.73 Å². The second-order valence-electron chi connectivity index (χ2n) is 4.15. The summed E-state index contributed by atoms with van der Waals surface area (Å²) in [5.41, 5.74) is 6.88. The van der Waals surface area contributed by atoms with Crippen LogP contribution in [0.25, 0.3) is 0 Å². The molecule has 1 aromatic heterocycles. The average Bonchev–Trinajstić information content (AvgIpc) is 2.43. The molecule has 0 aromatic carbocycles. The first-order valence-corrected chi connectivity index (χ1v) is 7.86. The molecular weight excluding hydrogens is 244 g/mol. The van der Waals surface area contributed by atoms with Crippen LogP contribution < -0.4 is 5.73 Å². The van der Waals surface area contributed by atoms with Crippen molar-refractivity contribution in [3.8, 4) is 0 Å². The summed E-state index contributed by atoms with van der Waals surface area (Å²) in [5, 5.41) is 0.384. The third-order valence-electron chi connectivity index (χ3n) is 2.76. The zero-order valence-corrected chi connectivity index (χ0v) is 11.7. The highest BCUT2D eigenvalue weighted by atomic mass is 32.2. The number of aromatic nitrogens is 1. The summed E-state index contributed by atoms with van der Waals surface area (Å²) in [6, 6.07) is -0.389. The van der Waals surface area contributed by atoms with Crippen LogP contribution in [0.15, 0.2) is 0 Å². The van der Waals surface area contributed by atoms with Crippen molar-refractivity contribution in [2.75, 3.05) is 6.26 Å². The molecule has 1 aromatic rings. The van der Waals surface area contributed by atoms with Gasteiger partial charge in [-0.15, -0.1) is 11.3 Å². The molecule has 2 atom stereocenters. The number of sulfone groups is 1. The lowest BCUT2D eigenvalue weighted by molar-refractivity contribution is 0.561. The van der Waals surface area contributed by atoms with Gasteiger partial charge in [0.25, 0.3) is 0 Å². The lowest BCUT2D eigenvalue weighted by atomic mass is 10.2. The Balaban J connectivity index is 2.75. The highest BCUT2D eigenvalue weighted by molar-refractivity contribution is 7.91. The molecular formula is C10H18N2O2S2. The molecule has 0 spiro atoms. The number of thiazole rings is 1. The Morgan fingerprint density at radius 2 is 2.00 bits per heavy atom. The van der Waals surface area contributed by atoms with Gasteiger partial charge in [0, 0.05) is 23.6 Å². The topological polar surface area (TPSA) is 73.0 Å². The predicted octanol–water partition coefficient (Wildman–Crippen LogP) is 1.06. The summed E-state index contributed by atoms with van der Waals surface area (Å²) in [6.45, 7) is 5.59. The van der Waals surface area contributed by atoms with E-state index in [0.717, 1.165) is 15.6 Å². The predicted molar refractivity (Wildman–Crippen MR) is 67.6 cm³/mol. The first kappa shape index (κ1) is 13.6. The minimum Gasteiger partial charge on any atom is -0.326 e. The molecule has 0 fully saturated rings. The average molecular weight is 262 g/mol. The molecule has 2 N–H and O–H groups in total. The normalized spacial score (nSPS) is 16.1. The van der Waals surface area contributed by atoms with E-state index >= 15 is 0 Å². The molecule has 0 aliphatic rings. The SMILES string of the molecule is Cc1nc(CC(N)C(C)S(C)(=O)=O)sc1C. The molecule has 4 nitrogen and oxygen atoms in total. The van der Waals surface area contributed by atoms with Crippen molar-refractivity contribution in [1.82, 2.24) is 4.98 Å². The molecule has 0 amide bonds. The van der Waals surface area contributed by atoms with Crippen molar-refractivity contribution >= 4 is 21.2 Å². The van der Waals surface area contributed by atoms with Gasteiger partial charge in [0.1, 0.15) is 0 Å². The number of nitrogens with two attached hydrogens (primary N) is 1. The minimum atomic E-state index is -3.07. The molecule has 0 saturated heterocycles. The largest absolute Gasteiger partial charge is 0.326 e. The first-order valence-electron chi connectivity index (χ1n) is 5.09. The monoisotopic (exact) mass is 262 g/mol. The van der Waals surface area contributed by atoms with Gasteiger partial charge in [-0.1, -0.05) is 0 Å². The fourth-order valence-corrected chi connectivity index (χ4v) is 3.05. The van der Waals surface area contributed by atoms with Crippen LogP contribution in [0.4, 0.5) is 0 Å². The van der Waals surface area contributed by atoms with E-state index in [1.165, 1.54) is 6.26 Å². The van der Waals surface area contributed by atoms with Gasteiger partial charge in [-0.3, -0.25) is 0 Å². The number of hydrogen-bond donors (Lipinski definition) is 1. The Morgan fingerprint density at radius 3 is 2.38 bits per heavy atom. The third kappa shape index (κ3) is 3.26. The Kier molecular flexibility index (Phi) is 4.09. The molecule has 0 saturated carbocycles. The van der Waals surface area contributed by atoms with Crippen LogP contribution in [-0.2, 0) is 16.3 Å². The Morgan fingerprint density at radius 1 is 1.44 bits per heavy atom. The lowest BCUT2D eigenvalue weighted by Crippen LogP contribution is -2.39. The van der Waals surface area contributed by atoms with E-state index in [2.05, 4.69) is 4.98 Å². The van der Waals surface area contributed by atoms with Gasteiger partial charge in [0.05, 0.1) is 16.0 Å². The molecule has 0 aliphatic heterocycles. The lowest BCUT2D eigenvalue weighted by Gasteiger charge is -2.16. The van der Waals surface area contributed by atoms with Crippen LogP contribution in [0.3, 0.4) is 0 Å². The number of hydrogen-bond acceptors (Lipinski definition) is 5. The Hall–Kier alpha value is -0.460. The quantitative estimate of drug-likeness (QED) is 0.880. The fraction of sp³-hybridized carbons (Fsp3) is 0.700. The Bertz CT molecular complexity index is 446. The zero-order valence-electron chi connectivity index (χ0n) is 10.0. The third-order valence-corrected chi connectivity index (χ3v) is 5.56. The molecule has 1 heterocycles. The molecule has 0 radical (unpaired) electrons. The molecule has 0 aliphatic carbocycles. The highest BCUT2D eigenvalue weighted by Gasteiger charge is 2.23. The number of rotatable bonds is 4. The van der Waals surface area contributed by atoms with Gasteiger partial charge in [0.15, 0.2) is 9.84 Å². The van der Waals surface area contributed by atoms with Crippen LogP contribution in [0.2, 0.25) is 0 Å². The minimum absolute atomic E-state index is 0.389. The summed E-state index contributed by atoms with van der Waals surface area (Å²) in [7, 11) is -3.07. The molecule has 16 heavy (non-hydrogen) atoms. The maximum absolute atomic E-state index is 11.3. The zero-order chi connectivity index (χ0) is 12.5. The van der Waals surface area contributed by atoms with Crippen LogP contribution in [0, 0.1) is 13.8 Å². The second-order valence-corrected chi connectivity index (χ2v) is 7.84. The standard InChI is InChI=1S/C10H18N2O2S2/c1-6-7(2)15-10(12-6)5-9(11)8(3)16(4,13)14/h8-9H,5,11H2,1-4H3. The van der Waals surface area contributed by atoms with Gasteiger partial charge in [-0.05, 0) is 20.8 Å². The van der Waals surface area contributed by atoms with Crippen molar-refractivity contribution in [3.05, 3.63) is 15.6 Å². The van der Waals surface area contributed by atoms with Gasteiger partial charge >= 0.3 is 0 Å². The summed E-state index contributed by atoms with van der Waals surface area (Å²) < 4.78 is 22.7. The maximum atomic E-state index is 11.3. The fourth-order valence-electron chi connectivity index (χ4n) is 1.31. The summed E-state index contributed by atoms with van der Waals surface area (Å²) in [6.07, 6.45) is 1.74. The molecule has 0 bridgehead atoms. The summed E-state index contributed by atoms with van der Waals surface area (Å²) in [5.74, 6) is 0. The number of aryl methyl sites for hydroxylation is 2.